The van der Waals surface area contributed by atoms with Crippen LogP contribution in [0.15, 0.2) is 17.5 Å². The van der Waals surface area contributed by atoms with Crippen molar-refractivity contribution in [3.8, 4) is 0 Å². The molecule has 78 valence electrons. The van der Waals surface area contributed by atoms with E-state index in [-0.39, 0.29) is 0 Å². The highest BCUT2D eigenvalue weighted by molar-refractivity contribution is 7.10. The standard InChI is InChI=1S/C12H18OS/c1-12(13,11-7-4-8-14-11)9-10-5-2-3-6-10/h4,7-8,10,13H,2-3,5-6,9H2,1H3. The van der Waals surface area contributed by atoms with Crippen molar-refractivity contribution in [3.63, 3.8) is 0 Å². The Labute approximate surface area is 89.8 Å². The topological polar surface area (TPSA) is 20.2 Å². The highest BCUT2D eigenvalue weighted by atomic mass is 32.1. The molecule has 1 heterocycles. The number of aliphatic hydroxyl groups is 1. The van der Waals surface area contributed by atoms with Crippen LogP contribution in [-0.4, -0.2) is 5.11 Å². The largest absolute Gasteiger partial charge is 0.385 e. The van der Waals surface area contributed by atoms with Crippen molar-refractivity contribution >= 4 is 11.3 Å². The zero-order chi connectivity index (χ0) is 10.0. The Kier molecular flexibility index (Phi) is 2.93. The summed E-state index contributed by atoms with van der Waals surface area (Å²) in [6, 6.07) is 4.06. The SMILES string of the molecule is CC(O)(CC1CCCC1)c1cccs1. The average Bonchev–Trinajstić information content (AvgIpc) is 2.71. The summed E-state index contributed by atoms with van der Waals surface area (Å²) in [5, 5.41) is 12.4. The molecule has 2 heteroatoms. The van der Waals surface area contributed by atoms with Gasteiger partial charge in [0, 0.05) is 4.88 Å². The van der Waals surface area contributed by atoms with E-state index in [0.717, 1.165) is 17.2 Å². The first-order valence-electron chi connectivity index (χ1n) is 5.45. The molecule has 0 bridgehead atoms. The fraction of sp³-hybridized carbons (Fsp3) is 0.667. The molecule has 1 fully saturated rings. The molecular formula is C12H18OS. The third-order valence-corrected chi connectivity index (χ3v) is 4.34. The molecule has 1 aromatic rings. The maximum absolute atomic E-state index is 10.3. The molecule has 0 aromatic carbocycles. The van der Waals surface area contributed by atoms with Gasteiger partial charge in [0.1, 0.15) is 0 Å². The van der Waals surface area contributed by atoms with E-state index in [9.17, 15) is 5.11 Å². The lowest BCUT2D eigenvalue weighted by Gasteiger charge is -2.25. The molecule has 1 N–H and O–H groups in total. The first kappa shape index (κ1) is 10.2. The number of hydrogen-bond donors (Lipinski definition) is 1. The van der Waals surface area contributed by atoms with Crippen LogP contribution in [-0.2, 0) is 5.60 Å². The Hall–Kier alpha value is -0.340. The van der Waals surface area contributed by atoms with Gasteiger partial charge in [-0.15, -0.1) is 11.3 Å². The van der Waals surface area contributed by atoms with Crippen LogP contribution in [0, 0.1) is 5.92 Å². The van der Waals surface area contributed by atoms with Crippen molar-refractivity contribution in [2.45, 2.75) is 44.6 Å². The number of hydrogen-bond acceptors (Lipinski definition) is 2. The van der Waals surface area contributed by atoms with Crippen molar-refractivity contribution < 1.29 is 5.11 Å². The molecule has 1 aliphatic rings. The summed E-state index contributed by atoms with van der Waals surface area (Å²) in [5.74, 6) is 0.743. The van der Waals surface area contributed by atoms with Gasteiger partial charge in [0.2, 0.25) is 0 Å². The van der Waals surface area contributed by atoms with Crippen LogP contribution >= 0.6 is 11.3 Å². The molecule has 0 amide bonds. The van der Waals surface area contributed by atoms with E-state index in [1.165, 1.54) is 25.7 Å². The zero-order valence-corrected chi connectivity index (χ0v) is 9.52. The van der Waals surface area contributed by atoms with Gasteiger partial charge in [0.15, 0.2) is 0 Å². The second-order valence-electron chi connectivity index (χ2n) is 4.61. The first-order chi connectivity index (χ1) is 6.68. The molecule has 0 spiro atoms. The van der Waals surface area contributed by atoms with Crippen molar-refractivity contribution in [3.05, 3.63) is 22.4 Å². The van der Waals surface area contributed by atoms with Crippen LogP contribution in [0.5, 0.6) is 0 Å². The van der Waals surface area contributed by atoms with Gasteiger partial charge < -0.3 is 5.11 Å². The molecule has 0 saturated heterocycles. The molecule has 1 aliphatic carbocycles. The average molecular weight is 210 g/mol. The van der Waals surface area contributed by atoms with E-state index in [2.05, 4.69) is 0 Å². The lowest BCUT2D eigenvalue weighted by molar-refractivity contribution is 0.0344. The molecule has 1 atom stereocenters. The minimum Gasteiger partial charge on any atom is -0.385 e. The van der Waals surface area contributed by atoms with E-state index < -0.39 is 5.60 Å². The van der Waals surface area contributed by atoms with Gasteiger partial charge >= 0.3 is 0 Å². The summed E-state index contributed by atoms with van der Waals surface area (Å²) in [4.78, 5) is 1.12. The van der Waals surface area contributed by atoms with E-state index in [4.69, 9.17) is 0 Å². The summed E-state index contributed by atoms with van der Waals surface area (Å²) in [6.45, 7) is 1.96. The minimum atomic E-state index is -0.594. The van der Waals surface area contributed by atoms with Crippen LogP contribution in [0.4, 0.5) is 0 Å². The van der Waals surface area contributed by atoms with Gasteiger partial charge in [-0.05, 0) is 30.7 Å². The fourth-order valence-electron chi connectivity index (χ4n) is 2.46. The summed E-state index contributed by atoms with van der Waals surface area (Å²) in [7, 11) is 0. The van der Waals surface area contributed by atoms with Gasteiger partial charge in [0.25, 0.3) is 0 Å². The Balaban J connectivity index is 2.01. The Morgan fingerprint density at radius 2 is 2.21 bits per heavy atom. The molecule has 1 saturated carbocycles. The van der Waals surface area contributed by atoms with Gasteiger partial charge in [-0.25, -0.2) is 0 Å². The van der Waals surface area contributed by atoms with Crippen LogP contribution in [0.2, 0.25) is 0 Å². The first-order valence-corrected chi connectivity index (χ1v) is 6.33. The van der Waals surface area contributed by atoms with Crippen LogP contribution in [0.1, 0.15) is 43.9 Å². The van der Waals surface area contributed by atoms with Gasteiger partial charge in [0.05, 0.1) is 5.60 Å². The molecular weight excluding hydrogens is 192 g/mol. The van der Waals surface area contributed by atoms with E-state index in [1.807, 2.05) is 24.4 Å². The smallest absolute Gasteiger partial charge is 0.0962 e. The Bertz CT molecular complexity index is 271. The highest BCUT2D eigenvalue weighted by Gasteiger charge is 2.29. The second-order valence-corrected chi connectivity index (χ2v) is 5.55. The van der Waals surface area contributed by atoms with E-state index in [1.54, 1.807) is 11.3 Å². The maximum Gasteiger partial charge on any atom is 0.0962 e. The minimum absolute atomic E-state index is 0.594. The van der Waals surface area contributed by atoms with E-state index in [0.29, 0.717) is 0 Å². The predicted octanol–water partition coefficient (Wildman–Crippen LogP) is 3.54. The van der Waals surface area contributed by atoms with Gasteiger partial charge in [-0.2, -0.15) is 0 Å². The molecule has 0 aliphatic heterocycles. The molecule has 0 radical (unpaired) electrons. The molecule has 2 rings (SSSR count). The normalized spacial score (nSPS) is 22.4. The number of thiophene rings is 1. The Morgan fingerprint density at radius 3 is 2.79 bits per heavy atom. The van der Waals surface area contributed by atoms with Gasteiger partial charge in [-0.1, -0.05) is 31.7 Å². The van der Waals surface area contributed by atoms with Gasteiger partial charge in [-0.3, -0.25) is 0 Å². The van der Waals surface area contributed by atoms with Crippen LogP contribution in [0.25, 0.3) is 0 Å². The second kappa shape index (κ2) is 4.03. The summed E-state index contributed by atoms with van der Waals surface area (Å²) in [6.07, 6.45) is 6.26. The maximum atomic E-state index is 10.3. The molecule has 1 unspecified atom stereocenters. The van der Waals surface area contributed by atoms with Crippen LogP contribution < -0.4 is 0 Å². The summed E-state index contributed by atoms with van der Waals surface area (Å²) < 4.78 is 0. The third-order valence-electron chi connectivity index (χ3n) is 3.21. The fourth-order valence-corrected chi connectivity index (χ4v) is 3.26. The molecule has 1 aromatic heterocycles. The van der Waals surface area contributed by atoms with Crippen molar-refractivity contribution in [1.82, 2.24) is 0 Å². The molecule has 14 heavy (non-hydrogen) atoms. The molecule has 1 nitrogen and oxygen atoms in total. The van der Waals surface area contributed by atoms with E-state index >= 15 is 0 Å². The Morgan fingerprint density at radius 1 is 1.50 bits per heavy atom. The third kappa shape index (κ3) is 2.18. The van der Waals surface area contributed by atoms with Crippen LogP contribution in [0.3, 0.4) is 0 Å². The number of rotatable bonds is 3. The van der Waals surface area contributed by atoms with Crippen molar-refractivity contribution in [2.24, 2.45) is 5.92 Å². The zero-order valence-electron chi connectivity index (χ0n) is 8.70. The quantitative estimate of drug-likeness (QED) is 0.809. The van der Waals surface area contributed by atoms with Crippen molar-refractivity contribution in [2.75, 3.05) is 0 Å². The highest BCUT2D eigenvalue weighted by Crippen LogP contribution is 2.37. The predicted molar refractivity (Wildman–Crippen MR) is 60.5 cm³/mol. The summed E-state index contributed by atoms with van der Waals surface area (Å²) >= 11 is 1.66. The lowest BCUT2D eigenvalue weighted by Crippen LogP contribution is -2.22. The lowest BCUT2D eigenvalue weighted by atomic mass is 9.90. The monoisotopic (exact) mass is 210 g/mol. The van der Waals surface area contributed by atoms with Crippen molar-refractivity contribution in [1.29, 1.82) is 0 Å². The summed E-state index contributed by atoms with van der Waals surface area (Å²) in [5.41, 5.74) is -0.594.